The van der Waals surface area contributed by atoms with E-state index in [1.165, 1.54) is 5.56 Å². The lowest BCUT2D eigenvalue weighted by Crippen LogP contribution is -2.49. The van der Waals surface area contributed by atoms with Gasteiger partial charge in [-0.1, -0.05) is 18.2 Å². The minimum atomic E-state index is -0.102. The standard InChI is InChI=1S/C17H25NO2/c1-4-19-13-9-12(10-13)18-15-11-17(2,3)20-16-8-6-5-7-14(15)16/h5-8,12-13,15,18H,4,9-11H2,1-3H3. The van der Waals surface area contributed by atoms with Gasteiger partial charge in [0.15, 0.2) is 0 Å². The molecule has 1 aliphatic heterocycles. The number of fused-ring (bicyclic) bond motifs is 1. The topological polar surface area (TPSA) is 30.5 Å². The van der Waals surface area contributed by atoms with Crippen molar-refractivity contribution in [1.82, 2.24) is 5.32 Å². The molecule has 0 bridgehead atoms. The summed E-state index contributed by atoms with van der Waals surface area (Å²) in [7, 11) is 0. The Morgan fingerprint density at radius 3 is 2.80 bits per heavy atom. The Bertz CT molecular complexity index is 466. The van der Waals surface area contributed by atoms with E-state index < -0.39 is 0 Å². The van der Waals surface area contributed by atoms with Gasteiger partial charge in [0.25, 0.3) is 0 Å². The molecule has 1 aliphatic carbocycles. The molecule has 110 valence electrons. The molecule has 1 atom stereocenters. The SMILES string of the molecule is CCOC1CC(NC2CC(C)(C)Oc3ccccc32)C1. The normalized spacial score (nSPS) is 31.1. The summed E-state index contributed by atoms with van der Waals surface area (Å²) in [5, 5.41) is 3.80. The van der Waals surface area contributed by atoms with E-state index in [1.807, 2.05) is 6.07 Å². The number of hydrogen-bond acceptors (Lipinski definition) is 3. The van der Waals surface area contributed by atoms with Crippen LogP contribution in [-0.2, 0) is 4.74 Å². The van der Waals surface area contributed by atoms with Crippen molar-refractivity contribution in [1.29, 1.82) is 0 Å². The van der Waals surface area contributed by atoms with Gasteiger partial charge in [-0.15, -0.1) is 0 Å². The number of para-hydroxylation sites is 1. The van der Waals surface area contributed by atoms with Crippen molar-refractivity contribution in [3.8, 4) is 5.75 Å². The molecule has 1 unspecified atom stereocenters. The van der Waals surface area contributed by atoms with Crippen LogP contribution in [0.25, 0.3) is 0 Å². The van der Waals surface area contributed by atoms with Gasteiger partial charge in [0.2, 0.25) is 0 Å². The lowest BCUT2D eigenvalue weighted by atomic mass is 9.84. The Labute approximate surface area is 121 Å². The maximum Gasteiger partial charge on any atom is 0.124 e. The summed E-state index contributed by atoms with van der Waals surface area (Å²) in [5.74, 6) is 1.03. The van der Waals surface area contributed by atoms with Crippen LogP contribution in [-0.4, -0.2) is 24.4 Å². The van der Waals surface area contributed by atoms with Crippen molar-refractivity contribution in [2.24, 2.45) is 0 Å². The van der Waals surface area contributed by atoms with Crippen LogP contribution in [0.2, 0.25) is 0 Å². The van der Waals surface area contributed by atoms with Gasteiger partial charge in [0.1, 0.15) is 11.4 Å². The predicted octanol–water partition coefficient (Wildman–Crippen LogP) is 3.45. The largest absolute Gasteiger partial charge is 0.487 e. The molecule has 2 aliphatic rings. The highest BCUT2D eigenvalue weighted by atomic mass is 16.5. The van der Waals surface area contributed by atoms with Gasteiger partial charge in [-0.2, -0.15) is 0 Å². The Balaban J connectivity index is 1.67. The van der Waals surface area contributed by atoms with Crippen molar-refractivity contribution in [3.05, 3.63) is 29.8 Å². The molecule has 0 amide bonds. The third-order valence-corrected chi connectivity index (χ3v) is 4.31. The van der Waals surface area contributed by atoms with Crippen LogP contribution in [0.3, 0.4) is 0 Å². The maximum atomic E-state index is 6.08. The van der Waals surface area contributed by atoms with Gasteiger partial charge in [-0.05, 0) is 39.7 Å². The first-order valence-electron chi connectivity index (χ1n) is 7.73. The lowest BCUT2D eigenvalue weighted by Gasteiger charge is -2.43. The zero-order chi connectivity index (χ0) is 14.2. The summed E-state index contributed by atoms with van der Waals surface area (Å²) >= 11 is 0. The molecular weight excluding hydrogens is 250 g/mol. The molecule has 3 nitrogen and oxygen atoms in total. The number of ether oxygens (including phenoxy) is 2. The molecule has 0 saturated heterocycles. The minimum absolute atomic E-state index is 0.102. The fourth-order valence-electron chi connectivity index (χ4n) is 3.31. The Hall–Kier alpha value is -1.06. The molecule has 3 rings (SSSR count). The van der Waals surface area contributed by atoms with Gasteiger partial charge >= 0.3 is 0 Å². The highest BCUT2D eigenvalue weighted by Gasteiger charge is 2.37. The summed E-state index contributed by atoms with van der Waals surface area (Å²) < 4.78 is 11.7. The van der Waals surface area contributed by atoms with Gasteiger partial charge in [-0.3, -0.25) is 0 Å². The minimum Gasteiger partial charge on any atom is -0.487 e. The third-order valence-electron chi connectivity index (χ3n) is 4.31. The first-order valence-corrected chi connectivity index (χ1v) is 7.73. The van der Waals surface area contributed by atoms with Gasteiger partial charge in [-0.25, -0.2) is 0 Å². The molecule has 0 spiro atoms. The van der Waals surface area contributed by atoms with Gasteiger partial charge in [0.05, 0.1) is 6.10 Å². The first kappa shape index (κ1) is 13.9. The van der Waals surface area contributed by atoms with E-state index in [2.05, 4.69) is 44.3 Å². The molecule has 1 saturated carbocycles. The van der Waals surface area contributed by atoms with E-state index in [9.17, 15) is 0 Å². The van der Waals surface area contributed by atoms with Crippen LogP contribution >= 0.6 is 0 Å². The van der Waals surface area contributed by atoms with E-state index in [1.54, 1.807) is 0 Å². The Morgan fingerprint density at radius 2 is 2.05 bits per heavy atom. The van der Waals surface area contributed by atoms with Crippen LogP contribution in [0.4, 0.5) is 0 Å². The number of nitrogens with one attached hydrogen (secondary N) is 1. The van der Waals surface area contributed by atoms with Crippen LogP contribution in [0.1, 0.15) is 51.6 Å². The lowest BCUT2D eigenvalue weighted by molar-refractivity contribution is -0.0174. The fraction of sp³-hybridized carbons (Fsp3) is 0.647. The zero-order valence-electron chi connectivity index (χ0n) is 12.7. The molecule has 20 heavy (non-hydrogen) atoms. The summed E-state index contributed by atoms with van der Waals surface area (Å²) in [6.45, 7) is 7.23. The third kappa shape index (κ3) is 2.84. The van der Waals surface area contributed by atoms with E-state index >= 15 is 0 Å². The molecular formula is C17H25NO2. The number of rotatable bonds is 4. The molecule has 0 radical (unpaired) electrons. The van der Waals surface area contributed by atoms with E-state index in [0.717, 1.165) is 31.6 Å². The first-order chi connectivity index (χ1) is 9.57. The van der Waals surface area contributed by atoms with E-state index in [0.29, 0.717) is 18.2 Å². The quantitative estimate of drug-likeness (QED) is 0.913. The van der Waals surface area contributed by atoms with Gasteiger partial charge in [0, 0.05) is 30.7 Å². The second-order valence-electron chi connectivity index (χ2n) is 6.57. The van der Waals surface area contributed by atoms with Crippen molar-refractivity contribution < 1.29 is 9.47 Å². The monoisotopic (exact) mass is 275 g/mol. The van der Waals surface area contributed by atoms with Crippen LogP contribution < -0.4 is 10.1 Å². The molecule has 1 N–H and O–H groups in total. The van der Waals surface area contributed by atoms with Crippen molar-refractivity contribution in [2.45, 2.75) is 63.8 Å². The van der Waals surface area contributed by atoms with E-state index in [4.69, 9.17) is 9.47 Å². The average molecular weight is 275 g/mol. The van der Waals surface area contributed by atoms with Gasteiger partial charge < -0.3 is 14.8 Å². The summed E-state index contributed by atoms with van der Waals surface area (Å²) in [6.07, 6.45) is 3.74. The average Bonchev–Trinajstić information content (AvgIpc) is 2.35. The Morgan fingerprint density at radius 1 is 1.30 bits per heavy atom. The second kappa shape index (κ2) is 5.38. The fourth-order valence-corrected chi connectivity index (χ4v) is 3.31. The molecule has 3 heteroatoms. The Kier molecular flexibility index (Phi) is 3.74. The highest BCUT2D eigenvalue weighted by molar-refractivity contribution is 5.38. The number of benzene rings is 1. The summed E-state index contributed by atoms with van der Waals surface area (Å²) in [4.78, 5) is 0. The zero-order valence-corrected chi connectivity index (χ0v) is 12.7. The smallest absolute Gasteiger partial charge is 0.124 e. The second-order valence-corrected chi connectivity index (χ2v) is 6.57. The molecule has 1 fully saturated rings. The maximum absolute atomic E-state index is 6.08. The number of hydrogen-bond donors (Lipinski definition) is 1. The van der Waals surface area contributed by atoms with Crippen LogP contribution in [0.5, 0.6) is 5.75 Å². The van der Waals surface area contributed by atoms with Crippen molar-refractivity contribution in [2.75, 3.05) is 6.61 Å². The molecule has 1 aromatic rings. The van der Waals surface area contributed by atoms with Crippen LogP contribution in [0, 0.1) is 0 Å². The molecule has 1 aromatic carbocycles. The summed E-state index contributed by atoms with van der Waals surface area (Å²) in [6, 6.07) is 9.38. The van der Waals surface area contributed by atoms with Crippen molar-refractivity contribution >= 4 is 0 Å². The highest BCUT2D eigenvalue weighted by Crippen LogP contribution is 2.40. The molecule has 1 heterocycles. The predicted molar refractivity (Wildman–Crippen MR) is 80.1 cm³/mol. The van der Waals surface area contributed by atoms with Crippen LogP contribution in [0.15, 0.2) is 24.3 Å². The van der Waals surface area contributed by atoms with E-state index in [-0.39, 0.29) is 5.60 Å². The summed E-state index contributed by atoms with van der Waals surface area (Å²) in [5.41, 5.74) is 1.20. The molecule has 0 aromatic heterocycles. The van der Waals surface area contributed by atoms with Crippen molar-refractivity contribution in [3.63, 3.8) is 0 Å².